The Bertz CT molecular complexity index is 922. The number of phenols is 1. The molecule has 1 aromatic rings. The second-order valence-electron chi connectivity index (χ2n) is 8.65. The minimum atomic E-state index is -4.61. The highest BCUT2D eigenvalue weighted by Gasteiger charge is 2.31. The zero-order valence-corrected chi connectivity index (χ0v) is 20.6. The number of amides is 1. The summed E-state index contributed by atoms with van der Waals surface area (Å²) in [6.45, 7) is 9.76. The van der Waals surface area contributed by atoms with Gasteiger partial charge in [-0.2, -0.15) is 0 Å². The van der Waals surface area contributed by atoms with Gasteiger partial charge in [0, 0.05) is 18.0 Å². The zero-order valence-electron chi connectivity index (χ0n) is 19.7. The molecule has 0 bridgehead atoms. The van der Waals surface area contributed by atoms with Crippen molar-refractivity contribution in [1.82, 2.24) is 5.32 Å². The number of carbonyl (C=O) groups is 1. The summed E-state index contributed by atoms with van der Waals surface area (Å²) in [6, 6.07) is 3.54. The van der Waals surface area contributed by atoms with Gasteiger partial charge in [-0.1, -0.05) is 43.6 Å². The van der Waals surface area contributed by atoms with Crippen molar-refractivity contribution in [3.05, 3.63) is 47.1 Å². The molecule has 9 heteroatoms. The van der Waals surface area contributed by atoms with Crippen molar-refractivity contribution in [3.63, 3.8) is 0 Å². The predicted octanol–water partition coefficient (Wildman–Crippen LogP) is 5.34. The molecule has 2 rings (SSSR count). The first-order valence-electron chi connectivity index (χ1n) is 11.4. The van der Waals surface area contributed by atoms with E-state index < -0.39 is 13.9 Å². The first-order valence-corrected chi connectivity index (χ1v) is 12.9. The summed E-state index contributed by atoms with van der Waals surface area (Å²) >= 11 is 0. The van der Waals surface area contributed by atoms with Gasteiger partial charge in [0.1, 0.15) is 11.5 Å². The zero-order chi connectivity index (χ0) is 24.6. The maximum atomic E-state index is 12.4. The highest BCUT2D eigenvalue weighted by molar-refractivity contribution is 7.46. The van der Waals surface area contributed by atoms with Crippen molar-refractivity contribution in [2.75, 3.05) is 13.2 Å². The Hall–Kier alpha value is -2.12. The number of phosphoric acid groups is 1. The fraction of sp³-hybridized carbons (Fsp3) is 0.542. The molecule has 0 unspecified atom stereocenters. The first kappa shape index (κ1) is 27.1. The van der Waals surface area contributed by atoms with Crippen molar-refractivity contribution in [1.29, 1.82) is 0 Å². The normalized spacial score (nSPS) is 18.5. The predicted molar refractivity (Wildman–Crippen MR) is 127 cm³/mol. The van der Waals surface area contributed by atoms with Crippen LogP contribution >= 0.6 is 7.82 Å². The molecule has 33 heavy (non-hydrogen) atoms. The number of allylic oxidation sites excluding steroid dienone is 3. The highest BCUT2D eigenvalue weighted by Crippen LogP contribution is 2.47. The molecule has 0 spiro atoms. The first-order chi connectivity index (χ1) is 15.5. The largest absolute Gasteiger partial charge is 0.507 e. The standard InChI is InChI=1S/C24H36NO7P/c1-5-6-7-8-18-14-21(26)23(20-13-17(4)9-10-19(20)16(2)3)22(15-18)32-24(27)25-11-12-31-33(28,29)30/h13-15,19-20,26H,2,5-12H2,1,3-4H3,(H,25,27)(H2,28,29,30)/t19-,20+/m0/s1. The van der Waals surface area contributed by atoms with Crippen molar-refractivity contribution >= 4 is 13.9 Å². The number of rotatable bonds is 11. The molecule has 0 aromatic heterocycles. The molecule has 2 atom stereocenters. The van der Waals surface area contributed by atoms with E-state index in [2.05, 4.69) is 29.4 Å². The van der Waals surface area contributed by atoms with E-state index in [0.29, 0.717) is 5.56 Å². The van der Waals surface area contributed by atoms with Crippen LogP contribution in [0.2, 0.25) is 0 Å². The number of carbonyl (C=O) groups excluding carboxylic acids is 1. The van der Waals surface area contributed by atoms with E-state index in [0.717, 1.165) is 49.7 Å². The van der Waals surface area contributed by atoms with Gasteiger partial charge < -0.3 is 24.9 Å². The number of benzene rings is 1. The third-order valence-electron chi connectivity index (χ3n) is 5.80. The minimum Gasteiger partial charge on any atom is -0.507 e. The van der Waals surface area contributed by atoms with Gasteiger partial charge in [0.05, 0.1) is 6.61 Å². The van der Waals surface area contributed by atoms with Crippen LogP contribution in [0.15, 0.2) is 35.9 Å². The van der Waals surface area contributed by atoms with Crippen LogP contribution in [0.1, 0.15) is 69.9 Å². The Morgan fingerprint density at radius 2 is 2.03 bits per heavy atom. The van der Waals surface area contributed by atoms with Crippen LogP contribution in [0.4, 0.5) is 4.79 Å². The third kappa shape index (κ3) is 8.63. The number of aromatic hydroxyl groups is 1. The molecule has 1 aliphatic carbocycles. The number of ether oxygens (including phenoxy) is 1. The van der Waals surface area contributed by atoms with E-state index >= 15 is 0 Å². The summed E-state index contributed by atoms with van der Waals surface area (Å²) in [5.41, 5.74) is 3.62. The topological polar surface area (TPSA) is 125 Å². The quantitative estimate of drug-likeness (QED) is 0.191. The second kappa shape index (κ2) is 12.4. The number of aryl methyl sites for hydroxylation is 1. The second-order valence-corrected chi connectivity index (χ2v) is 9.89. The van der Waals surface area contributed by atoms with E-state index in [4.69, 9.17) is 14.5 Å². The van der Waals surface area contributed by atoms with Crippen LogP contribution in [0, 0.1) is 5.92 Å². The fourth-order valence-corrected chi connectivity index (χ4v) is 4.50. The van der Waals surface area contributed by atoms with Crippen LogP contribution in [-0.4, -0.2) is 34.1 Å². The maximum Gasteiger partial charge on any atom is 0.469 e. The van der Waals surface area contributed by atoms with Gasteiger partial charge in [0.2, 0.25) is 0 Å². The molecule has 0 fully saturated rings. The molecule has 0 heterocycles. The van der Waals surface area contributed by atoms with E-state index in [1.165, 1.54) is 5.57 Å². The highest BCUT2D eigenvalue weighted by atomic mass is 31.2. The van der Waals surface area contributed by atoms with Gasteiger partial charge in [-0.05, 0) is 63.1 Å². The summed E-state index contributed by atoms with van der Waals surface area (Å²) < 4.78 is 20.7. The van der Waals surface area contributed by atoms with Crippen molar-refractivity contribution < 1.29 is 33.5 Å². The molecule has 0 aliphatic heterocycles. The maximum absolute atomic E-state index is 12.4. The van der Waals surface area contributed by atoms with Gasteiger partial charge in [-0.3, -0.25) is 4.52 Å². The van der Waals surface area contributed by atoms with Crippen LogP contribution in [0.3, 0.4) is 0 Å². The fourth-order valence-electron chi connectivity index (χ4n) is 4.17. The molecular formula is C24H36NO7P. The van der Waals surface area contributed by atoms with Gasteiger partial charge in [0.25, 0.3) is 0 Å². The van der Waals surface area contributed by atoms with Crippen LogP contribution in [0.5, 0.6) is 11.5 Å². The third-order valence-corrected chi connectivity index (χ3v) is 6.32. The number of unbranched alkanes of at least 4 members (excludes halogenated alkanes) is 2. The van der Waals surface area contributed by atoms with Crippen LogP contribution in [0.25, 0.3) is 0 Å². The molecule has 184 valence electrons. The number of phosphoric ester groups is 1. The Morgan fingerprint density at radius 3 is 2.67 bits per heavy atom. The summed E-state index contributed by atoms with van der Waals surface area (Å²) in [5, 5.41) is 13.4. The summed E-state index contributed by atoms with van der Waals surface area (Å²) in [6.07, 6.45) is 6.98. The lowest BCUT2D eigenvalue weighted by atomic mass is 9.73. The number of hydrogen-bond acceptors (Lipinski definition) is 5. The molecule has 0 saturated carbocycles. The van der Waals surface area contributed by atoms with Crippen molar-refractivity contribution in [2.45, 2.75) is 65.2 Å². The lowest BCUT2D eigenvalue weighted by Crippen LogP contribution is -2.30. The molecule has 8 nitrogen and oxygen atoms in total. The number of phenolic OH excluding ortho intramolecular Hbond substituents is 1. The SMILES string of the molecule is C=C(C)[C@@H]1CCC(C)=C[C@H]1c1c(O)cc(CCCCC)cc1OC(=O)NCCOP(=O)(O)O. The van der Waals surface area contributed by atoms with Gasteiger partial charge in [-0.25, -0.2) is 9.36 Å². The van der Waals surface area contributed by atoms with Crippen molar-refractivity contribution in [3.8, 4) is 11.5 Å². The molecule has 1 amide bonds. The molecule has 4 N–H and O–H groups in total. The smallest absolute Gasteiger partial charge is 0.469 e. The molecular weight excluding hydrogens is 445 g/mol. The number of nitrogens with one attached hydrogen (secondary N) is 1. The molecule has 0 saturated heterocycles. The minimum absolute atomic E-state index is 0.0823. The molecule has 0 radical (unpaired) electrons. The summed E-state index contributed by atoms with van der Waals surface area (Å²) in [7, 11) is -4.61. The monoisotopic (exact) mass is 481 g/mol. The Kier molecular flexibility index (Phi) is 10.2. The van der Waals surface area contributed by atoms with E-state index in [1.54, 1.807) is 12.1 Å². The Labute approximate surface area is 195 Å². The summed E-state index contributed by atoms with van der Waals surface area (Å²) in [5.74, 6) is 0.283. The lowest BCUT2D eigenvalue weighted by Gasteiger charge is -2.32. The van der Waals surface area contributed by atoms with Crippen LogP contribution in [-0.2, 0) is 15.5 Å². The van der Waals surface area contributed by atoms with E-state index in [-0.39, 0.29) is 36.5 Å². The molecule has 1 aliphatic rings. The Balaban J connectivity index is 2.32. The lowest BCUT2D eigenvalue weighted by molar-refractivity contribution is 0.182. The van der Waals surface area contributed by atoms with Crippen molar-refractivity contribution in [2.24, 2.45) is 5.92 Å². The average molecular weight is 482 g/mol. The van der Waals surface area contributed by atoms with E-state index in [1.807, 2.05) is 13.8 Å². The van der Waals surface area contributed by atoms with Gasteiger partial charge in [-0.15, -0.1) is 0 Å². The molecule has 1 aromatic carbocycles. The van der Waals surface area contributed by atoms with Crippen LogP contribution < -0.4 is 10.1 Å². The average Bonchev–Trinajstić information content (AvgIpc) is 2.70. The Morgan fingerprint density at radius 1 is 1.30 bits per heavy atom. The van der Waals surface area contributed by atoms with Gasteiger partial charge >= 0.3 is 13.9 Å². The van der Waals surface area contributed by atoms with Gasteiger partial charge in [0.15, 0.2) is 0 Å². The summed E-state index contributed by atoms with van der Waals surface area (Å²) in [4.78, 5) is 29.9. The van der Waals surface area contributed by atoms with E-state index in [9.17, 15) is 14.5 Å². The number of hydrogen-bond donors (Lipinski definition) is 4.